The second kappa shape index (κ2) is 7.96. The van der Waals surface area contributed by atoms with Gasteiger partial charge in [-0.25, -0.2) is 10.0 Å². The molecule has 3 aromatic rings. The van der Waals surface area contributed by atoms with Crippen molar-refractivity contribution >= 4 is 42.5 Å². The number of anilines is 1. The molecule has 1 aliphatic heterocycles. The minimum atomic E-state index is -0.813. The smallest absolute Gasteiger partial charge is 0.131 e. The van der Waals surface area contributed by atoms with Crippen LogP contribution in [0.1, 0.15) is 12.8 Å². The number of fused-ring (bicyclic) bond motifs is 1. The maximum atomic E-state index is 6.48. The van der Waals surface area contributed by atoms with Gasteiger partial charge in [-0.1, -0.05) is 28.1 Å². The Morgan fingerprint density at radius 3 is 2.54 bits per heavy atom. The molecule has 0 N–H and O–H groups in total. The van der Waals surface area contributed by atoms with Crippen molar-refractivity contribution in [2.45, 2.75) is 23.8 Å². The standard InChI is InChI=1S/C23H27BrN2OS/c1-28(2,3)23-7-5-4-6-22(23)27-18-11-14-26(15-12-18)21-10-13-25-20-9-8-17(24)16-19(20)21/h4-10,13,16,18H,11-12,14-15H2,1-3H3. The summed E-state index contributed by atoms with van der Waals surface area (Å²) in [6.45, 7) is 2.00. The summed E-state index contributed by atoms with van der Waals surface area (Å²) in [5.41, 5.74) is 2.31. The Kier molecular flexibility index (Phi) is 5.57. The number of nitrogens with zero attached hydrogens (tertiary/aromatic N) is 2. The molecule has 0 amide bonds. The molecule has 0 radical (unpaired) electrons. The molecule has 0 aliphatic carbocycles. The van der Waals surface area contributed by atoms with Crippen LogP contribution in [0.2, 0.25) is 0 Å². The van der Waals surface area contributed by atoms with E-state index in [-0.39, 0.29) is 6.10 Å². The molecule has 0 bridgehead atoms. The number of hydrogen-bond acceptors (Lipinski definition) is 3. The predicted octanol–water partition coefficient (Wildman–Crippen LogP) is 6.10. The summed E-state index contributed by atoms with van der Waals surface area (Å²) >= 11 is 3.60. The third-order valence-electron chi connectivity index (χ3n) is 5.27. The molecule has 0 unspecified atom stereocenters. The maximum Gasteiger partial charge on any atom is 0.131 e. The van der Waals surface area contributed by atoms with Gasteiger partial charge in [0.05, 0.1) is 5.52 Å². The summed E-state index contributed by atoms with van der Waals surface area (Å²) in [5.74, 6) is 1.07. The van der Waals surface area contributed by atoms with Gasteiger partial charge in [0.2, 0.25) is 0 Å². The maximum absolute atomic E-state index is 6.48. The van der Waals surface area contributed by atoms with Gasteiger partial charge in [-0.05, 0) is 55.2 Å². The molecule has 2 heterocycles. The third kappa shape index (κ3) is 4.15. The molecule has 1 aliphatic rings. The van der Waals surface area contributed by atoms with Crippen molar-refractivity contribution in [2.24, 2.45) is 0 Å². The molecule has 0 saturated carbocycles. The highest BCUT2D eigenvalue weighted by Gasteiger charge is 2.24. The average Bonchev–Trinajstić information content (AvgIpc) is 2.68. The first-order valence-electron chi connectivity index (χ1n) is 9.65. The van der Waals surface area contributed by atoms with Crippen LogP contribution in [0.3, 0.4) is 0 Å². The van der Waals surface area contributed by atoms with Gasteiger partial charge in [0.25, 0.3) is 0 Å². The first-order chi connectivity index (χ1) is 13.4. The number of rotatable bonds is 4. The molecule has 1 aromatic heterocycles. The van der Waals surface area contributed by atoms with Gasteiger partial charge in [0.15, 0.2) is 0 Å². The number of benzene rings is 2. The fourth-order valence-electron chi connectivity index (χ4n) is 3.83. The fraction of sp³-hybridized carbons (Fsp3) is 0.348. The Hall–Kier alpha value is -1.72. The summed E-state index contributed by atoms with van der Waals surface area (Å²) in [6.07, 6.45) is 11.2. The molecule has 28 heavy (non-hydrogen) atoms. The first kappa shape index (κ1) is 19.6. The lowest BCUT2D eigenvalue weighted by Gasteiger charge is -2.36. The van der Waals surface area contributed by atoms with Crippen LogP contribution in [0.4, 0.5) is 5.69 Å². The zero-order valence-corrected chi connectivity index (χ0v) is 19.1. The summed E-state index contributed by atoms with van der Waals surface area (Å²) in [5, 5.41) is 1.21. The number of pyridine rings is 1. The minimum absolute atomic E-state index is 0.277. The van der Waals surface area contributed by atoms with Crippen LogP contribution in [0, 0.1) is 0 Å². The van der Waals surface area contributed by atoms with Crippen LogP contribution < -0.4 is 9.64 Å². The molecule has 5 heteroatoms. The molecule has 1 fully saturated rings. The Labute approximate surface area is 177 Å². The Morgan fingerprint density at radius 1 is 1.04 bits per heavy atom. The SMILES string of the molecule is CS(C)(C)c1ccccc1OC1CCN(c2ccnc3ccc(Br)cc23)CC1. The van der Waals surface area contributed by atoms with Gasteiger partial charge >= 0.3 is 0 Å². The van der Waals surface area contributed by atoms with E-state index < -0.39 is 10.0 Å². The van der Waals surface area contributed by atoms with Crippen molar-refractivity contribution in [3.8, 4) is 5.75 Å². The van der Waals surface area contributed by atoms with Crippen molar-refractivity contribution in [1.82, 2.24) is 4.98 Å². The van der Waals surface area contributed by atoms with Crippen molar-refractivity contribution < 1.29 is 4.74 Å². The number of halogens is 1. The van der Waals surface area contributed by atoms with E-state index in [4.69, 9.17) is 4.74 Å². The van der Waals surface area contributed by atoms with Gasteiger partial charge in [0, 0.05) is 52.6 Å². The largest absolute Gasteiger partial charge is 0.489 e. The fourth-order valence-corrected chi connectivity index (χ4v) is 5.39. The van der Waals surface area contributed by atoms with E-state index in [0.29, 0.717) is 0 Å². The van der Waals surface area contributed by atoms with Crippen molar-refractivity contribution in [3.05, 3.63) is 59.2 Å². The monoisotopic (exact) mass is 458 g/mol. The van der Waals surface area contributed by atoms with E-state index in [0.717, 1.165) is 41.7 Å². The highest BCUT2D eigenvalue weighted by Crippen LogP contribution is 2.50. The average molecular weight is 459 g/mol. The van der Waals surface area contributed by atoms with E-state index in [1.807, 2.05) is 12.3 Å². The van der Waals surface area contributed by atoms with E-state index >= 15 is 0 Å². The van der Waals surface area contributed by atoms with Crippen LogP contribution >= 0.6 is 26.0 Å². The zero-order valence-electron chi connectivity index (χ0n) is 16.7. The van der Waals surface area contributed by atoms with Gasteiger partial charge in [-0.2, -0.15) is 0 Å². The number of hydrogen-bond donors (Lipinski definition) is 0. The quantitative estimate of drug-likeness (QED) is 0.472. The van der Waals surface area contributed by atoms with Crippen LogP contribution in [-0.4, -0.2) is 42.9 Å². The zero-order chi connectivity index (χ0) is 19.7. The van der Waals surface area contributed by atoms with Crippen LogP contribution in [0.15, 0.2) is 64.1 Å². The van der Waals surface area contributed by atoms with Gasteiger partial charge in [-0.15, -0.1) is 0 Å². The molecule has 4 rings (SSSR count). The second-order valence-corrected chi connectivity index (χ2v) is 13.1. The van der Waals surface area contributed by atoms with Crippen molar-refractivity contribution in [2.75, 3.05) is 36.8 Å². The summed E-state index contributed by atoms with van der Waals surface area (Å²) in [6, 6.07) is 17.0. The second-order valence-electron chi connectivity index (χ2n) is 8.08. The molecular formula is C23H27BrN2OS. The van der Waals surface area contributed by atoms with Crippen LogP contribution in [0.25, 0.3) is 10.9 Å². The van der Waals surface area contributed by atoms with E-state index in [1.165, 1.54) is 16.0 Å². The Bertz CT molecular complexity index is 978. The number of para-hydroxylation sites is 1. The topological polar surface area (TPSA) is 25.4 Å². The predicted molar refractivity (Wildman–Crippen MR) is 125 cm³/mol. The van der Waals surface area contributed by atoms with Crippen LogP contribution in [-0.2, 0) is 0 Å². The summed E-state index contributed by atoms with van der Waals surface area (Å²) in [7, 11) is -0.813. The number of ether oxygens (including phenoxy) is 1. The Morgan fingerprint density at radius 2 is 1.79 bits per heavy atom. The molecule has 2 aromatic carbocycles. The molecule has 3 nitrogen and oxygen atoms in total. The highest BCUT2D eigenvalue weighted by atomic mass is 79.9. The third-order valence-corrected chi connectivity index (χ3v) is 7.42. The minimum Gasteiger partial charge on any atom is -0.489 e. The lowest BCUT2D eigenvalue weighted by molar-refractivity contribution is 0.167. The molecule has 148 valence electrons. The van der Waals surface area contributed by atoms with Crippen molar-refractivity contribution in [3.63, 3.8) is 0 Å². The van der Waals surface area contributed by atoms with Gasteiger partial charge < -0.3 is 9.64 Å². The molecule has 1 saturated heterocycles. The summed E-state index contributed by atoms with van der Waals surface area (Å²) in [4.78, 5) is 8.34. The Balaban J connectivity index is 1.49. The molecule has 0 spiro atoms. The molecule has 0 atom stereocenters. The summed E-state index contributed by atoms with van der Waals surface area (Å²) < 4.78 is 7.57. The van der Waals surface area contributed by atoms with Gasteiger partial charge in [0.1, 0.15) is 11.9 Å². The van der Waals surface area contributed by atoms with Crippen LogP contribution in [0.5, 0.6) is 5.75 Å². The lowest BCUT2D eigenvalue weighted by Crippen LogP contribution is -2.38. The van der Waals surface area contributed by atoms with E-state index in [2.05, 4.69) is 87.0 Å². The van der Waals surface area contributed by atoms with Gasteiger partial charge in [-0.3, -0.25) is 4.98 Å². The molecular weight excluding hydrogens is 432 g/mol. The van der Waals surface area contributed by atoms with E-state index in [9.17, 15) is 0 Å². The number of piperidine rings is 1. The normalized spacial score (nSPS) is 16.4. The number of aromatic nitrogens is 1. The first-order valence-corrected chi connectivity index (χ1v) is 13.3. The van der Waals surface area contributed by atoms with E-state index in [1.54, 1.807) is 0 Å². The lowest BCUT2D eigenvalue weighted by atomic mass is 10.1. The van der Waals surface area contributed by atoms with Crippen molar-refractivity contribution in [1.29, 1.82) is 0 Å². The highest BCUT2D eigenvalue weighted by molar-refractivity contribution is 9.10.